The number of aromatic nitrogens is 1. The van der Waals surface area contributed by atoms with Gasteiger partial charge in [-0.05, 0) is 60.5 Å². The third-order valence-electron chi connectivity index (χ3n) is 4.85. The van der Waals surface area contributed by atoms with Crippen LogP contribution in [0.3, 0.4) is 0 Å². The first-order chi connectivity index (χ1) is 13.2. The normalized spacial score (nSPS) is 21.4. The quantitative estimate of drug-likeness (QED) is 0.690. The van der Waals surface area contributed by atoms with Crippen molar-refractivity contribution in [1.29, 1.82) is 0 Å². The van der Waals surface area contributed by atoms with Gasteiger partial charge in [-0.25, -0.2) is 9.38 Å². The lowest BCUT2D eigenvalue weighted by Gasteiger charge is -2.30. The highest BCUT2D eigenvalue weighted by Crippen LogP contribution is 2.38. The zero-order chi connectivity index (χ0) is 18.6. The predicted octanol–water partition coefficient (Wildman–Crippen LogP) is 5.16. The van der Waals surface area contributed by atoms with Crippen molar-refractivity contribution in [2.75, 3.05) is 0 Å². The molecule has 1 aromatic heterocycles. The summed E-state index contributed by atoms with van der Waals surface area (Å²) in [6.45, 7) is 0. The average molecular weight is 381 g/mol. The van der Waals surface area contributed by atoms with Crippen molar-refractivity contribution in [3.8, 4) is 0 Å². The number of pyridine rings is 1. The van der Waals surface area contributed by atoms with Gasteiger partial charge in [-0.3, -0.25) is 14.7 Å². The fourth-order valence-corrected chi connectivity index (χ4v) is 4.53. The van der Waals surface area contributed by atoms with Crippen LogP contribution in [0.5, 0.6) is 0 Å². The zero-order valence-electron chi connectivity index (χ0n) is 14.8. The van der Waals surface area contributed by atoms with E-state index in [9.17, 15) is 9.18 Å². The van der Waals surface area contributed by atoms with Crippen molar-refractivity contribution in [2.24, 2.45) is 4.99 Å². The molecule has 1 aliphatic heterocycles. The summed E-state index contributed by atoms with van der Waals surface area (Å²) in [6.07, 6.45) is 10.6. The number of carbonyl (C=O) groups excluding carboxylic acids is 1. The maximum Gasteiger partial charge on any atom is 0.267 e. The third-order valence-corrected chi connectivity index (χ3v) is 5.83. The van der Waals surface area contributed by atoms with Crippen LogP contribution in [0.1, 0.15) is 37.7 Å². The molecular formula is C21H20FN3OS. The van der Waals surface area contributed by atoms with Gasteiger partial charge in [0.1, 0.15) is 11.5 Å². The SMILES string of the molecule is O=C1/C(=C/c2ccncc2)SC(=Nc2ccccc2F)N1C1CCCCC1. The second kappa shape index (κ2) is 8.05. The van der Waals surface area contributed by atoms with Gasteiger partial charge in [-0.2, -0.15) is 0 Å². The third kappa shape index (κ3) is 3.95. The molecule has 0 spiro atoms. The molecule has 4 rings (SSSR count). The molecule has 0 atom stereocenters. The van der Waals surface area contributed by atoms with Crippen LogP contribution in [0.25, 0.3) is 6.08 Å². The van der Waals surface area contributed by atoms with Gasteiger partial charge in [0.05, 0.1) is 4.91 Å². The molecular weight excluding hydrogens is 361 g/mol. The first-order valence-electron chi connectivity index (χ1n) is 9.19. The highest BCUT2D eigenvalue weighted by molar-refractivity contribution is 8.18. The number of nitrogens with zero attached hydrogens (tertiary/aromatic N) is 3. The minimum absolute atomic E-state index is 0.0428. The van der Waals surface area contributed by atoms with Crippen LogP contribution in [-0.4, -0.2) is 27.0 Å². The highest BCUT2D eigenvalue weighted by atomic mass is 32.2. The number of halogens is 1. The van der Waals surface area contributed by atoms with Crippen LogP contribution in [0, 0.1) is 5.82 Å². The molecule has 2 aliphatic rings. The van der Waals surface area contributed by atoms with E-state index < -0.39 is 0 Å². The number of thioether (sulfide) groups is 1. The van der Waals surface area contributed by atoms with Crippen molar-refractivity contribution >= 4 is 34.6 Å². The molecule has 2 heterocycles. The summed E-state index contributed by atoms with van der Waals surface area (Å²) >= 11 is 1.32. The van der Waals surface area contributed by atoms with E-state index in [1.807, 2.05) is 18.2 Å². The molecule has 1 aromatic carbocycles. The average Bonchev–Trinajstić information content (AvgIpc) is 3.00. The minimum Gasteiger partial charge on any atom is -0.283 e. The first kappa shape index (κ1) is 17.9. The van der Waals surface area contributed by atoms with E-state index in [1.54, 1.807) is 35.5 Å². The standard InChI is InChI=1S/C21H20FN3OS/c22-17-8-4-5-9-18(17)24-21-25(16-6-2-1-3-7-16)20(26)19(27-21)14-15-10-12-23-13-11-15/h4-5,8-14,16H,1-3,6-7H2/b19-14-,24-21?. The summed E-state index contributed by atoms with van der Waals surface area (Å²) in [6, 6.07) is 10.3. The molecule has 2 fully saturated rings. The Morgan fingerprint density at radius 1 is 1.11 bits per heavy atom. The van der Waals surface area contributed by atoms with Crippen molar-refractivity contribution in [3.63, 3.8) is 0 Å². The Kier molecular flexibility index (Phi) is 5.34. The van der Waals surface area contributed by atoms with Gasteiger partial charge in [-0.1, -0.05) is 31.4 Å². The number of hydrogen-bond acceptors (Lipinski definition) is 4. The Balaban J connectivity index is 1.72. The summed E-state index contributed by atoms with van der Waals surface area (Å²) < 4.78 is 14.1. The Morgan fingerprint density at radius 2 is 1.85 bits per heavy atom. The minimum atomic E-state index is -0.381. The largest absolute Gasteiger partial charge is 0.283 e. The van der Waals surface area contributed by atoms with Gasteiger partial charge in [0.15, 0.2) is 5.17 Å². The Hall–Kier alpha value is -2.47. The lowest BCUT2D eigenvalue weighted by atomic mass is 9.94. The number of benzene rings is 1. The molecule has 0 bridgehead atoms. The summed E-state index contributed by atoms with van der Waals surface area (Å²) in [5, 5.41) is 0.567. The van der Waals surface area contributed by atoms with E-state index in [0.29, 0.717) is 10.1 Å². The molecule has 1 saturated carbocycles. The molecule has 4 nitrogen and oxygen atoms in total. The van der Waals surface area contributed by atoms with Gasteiger partial charge < -0.3 is 0 Å². The van der Waals surface area contributed by atoms with Crippen LogP contribution in [0.15, 0.2) is 58.7 Å². The highest BCUT2D eigenvalue weighted by Gasteiger charge is 2.38. The fourth-order valence-electron chi connectivity index (χ4n) is 3.48. The molecule has 6 heteroatoms. The van der Waals surface area contributed by atoms with Gasteiger partial charge in [0, 0.05) is 18.4 Å². The second-order valence-corrected chi connectivity index (χ2v) is 7.71. The smallest absolute Gasteiger partial charge is 0.267 e. The Morgan fingerprint density at radius 3 is 2.59 bits per heavy atom. The maximum atomic E-state index is 14.1. The molecule has 1 saturated heterocycles. The molecule has 0 radical (unpaired) electrons. The number of para-hydroxylation sites is 1. The zero-order valence-corrected chi connectivity index (χ0v) is 15.7. The van der Waals surface area contributed by atoms with Crippen molar-refractivity contribution < 1.29 is 9.18 Å². The van der Waals surface area contributed by atoms with Crippen LogP contribution >= 0.6 is 11.8 Å². The van der Waals surface area contributed by atoms with Gasteiger partial charge in [-0.15, -0.1) is 0 Å². The molecule has 2 aromatic rings. The van der Waals surface area contributed by atoms with Crippen LogP contribution in [0.4, 0.5) is 10.1 Å². The fraction of sp³-hybridized carbons (Fsp3) is 0.286. The second-order valence-electron chi connectivity index (χ2n) is 6.70. The van der Waals surface area contributed by atoms with Crippen molar-refractivity contribution in [3.05, 3.63) is 65.1 Å². The van der Waals surface area contributed by atoms with Crippen LogP contribution in [-0.2, 0) is 4.79 Å². The lowest BCUT2D eigenvalue weighted by Crippen LogP contribution is -2.40. The van der Waals surface area contributed by atoms with Gasteiger partial charge in [0.2, 0.25) is 0 Å². The number of aliphatic imine (C=N–C) groups is 1. The Bertz CT molecular complexity index is 891. The number of amidine groups is 1. The summed E-state index contributed by atoms with van der Waals surface area (Å²) in [5.74, 6) is -0.424. The predicted molar refractivity (Wildman–Crippen MR) is 107 cm³/mol. The lowest BCUT2D eigenvalue weighted by molar-refractivity contribution is -0.124. The molecule has 1 aliphatic carbocycles. The molecule has 0 N–H and O–H groups in total. The molecule has 1 amide bonds. The molecule has 138 valence electrons. The Labute approximate surface area is 162 Å². The monoisotopic (exact) mass is 381 g/mol. The van der Waals surface area contributed by atoms with Crippen LogP contribution < -0.4 is 0 Å². The van der Waals surface area contributed by atoms with E-state index in [2.05, 4.69) is 9.98 Å². The van der Waals surface area contributed by atoms with Crippen molar-refractivity contribution in [2.45, 2.75) is 38.1 Å². The van der Waals surface area contributed by atoms with Crippen LogP contribution in [0.2, 0.25) is 0 Å². The maximum absolute atomic E-state index is 14.1. The molecule has 0 unspecified atom stereocenters. The topological polar surface area (TPSA) is 45.6 Å². The summed E-state index contributed by atoms with van der Waals surface area (Å²) in [7, 11) is 0. The van der Waals surface area contributed by atoms with E-state index in [0.717, 1.165) is 31.2 Å². The number of hydrogen-bond donors (Lipinski definition) is 0. The summed E-state index contributed by atoms with van der Waals surface area (Å²) in [4.78, 5) is 24.1. The van der Waals surface area contributed by atoms with E-state index in [-0.39, 0.29) is 23.5 Å². The van der Waals surface area contributed by atoms with Crippen molar-refractivity contribution in [1.82, 2.24) is 9.88 Å². The number of carbonyl (C=O) groups is 1. The number of rotatable bonds is 3. The van der Waals surface area contributed by atoms with Gasteiger partial charge >= 0.3 is 0 Å². The summed E-state index contributed by atoms with van der Waals surface area (Å²) in [5.41, 5.74) is 1.18. The van der Waals surface area contributed by atoms with E-state index in [4.69, 9.17) is 0 Å². The molecule has 27 heavy (non-hydrogen) atoms. The van der Waals surface area contributed by atoms with E-state index in [1.165, 1.54) is 24.2 Å². The van der Waals surface area contributed by atoms with Gasteiger partial charge in [0.25, 0.3) is 5.91 Å². The van der Waals surface area contributed by atoms with E-state index >= 15 is 0 Å². The number of amides is 1. The first-order valence-corrected chi connectivity index (χ1v) is 10.0.